The minimum Gasteiger partial charge on any atom is -0.423 e. The van der Waals surface area contributed by atoms with Crippen molar-refractivity contribution in [2.75, 3.05) is 6.61 Å². The number of fused-ring (bicyclic) bond motifs is 2. The number of allylic oxidation sites excluding steroid dienone is 1. The van der Waals surface area contributed by atoms with Crippen molar-refractivity contribution in [3.63, 3.8) is 0 Å². The van der Waals surface area contributed by atoms with Gasteiger partial charge in [-0.3, -0.25) is 0 Å². The van der Waals surface area contributed by atoms with Crippen molar-refractivity contribution in [2.24, 2.45) is 17.3 Å². The Balaban J connectivity index is 1.72. The average molecular weight is 262 g/mol. The minimum atomic E-state index is -1.24. The van der Waals surface area contributed by atoms with Crippen LogP contribution in [0.1, 0.15) is 26.2 Å². The number of rotatable bonds is 0. The molecule has 2 bridgehead atoms. The van der Waals surface area contributed by atoms with Gasteiger partial charge < -0.3 is 14.6 Å². The van der Waals surface area contributed by atoms with Gasteiger partial charge in [0.2, 0.25) is 0 Å². The van der Waals surface area contributed by atoms with E-state index >= 15 is 0 Å². The largest absolute Gasteiger partial charge is 0.423 e. The van der Waals surface area contributed by atoms with E-state index in [-0.39, 0.29) is 11.4 Å². The number of hydrogen-bond acceptors (Lipinski definition) is 4. The van der Waals surface area contributed by atoms with E-state index in [4.69, 9.17) is 9.47 Å². The standard InChI is InChI=1S/C15H18O4/c1-8-3-4-10-5-11(8)14(10)7-18-15(13(14)17)6-9(2)12(16)19-15/h6,10-11,13,17H,1,3-5,7H2,2H3/t10?,11-,13-,14?,15+/m0/s1. The SMILES string of the molecule is C=C1CCC2C[C@@H]1C21CO[C@@]2(C=C(C)C(=O)O2)[C@H]1O. The molecule has 1 N–H and O–H groups in total. The molecule has 19 heavy (non-hydrogen) atoms. The minimum absolute atomic E-state index is 0.281. The van der Waals surface area contributed by atoms with E-state index < -0.39 is 11.9 Å². The molecule has 2 heterocycles. The second kappa shape index (κ2) is 3.30. The molecule has 0 aromatic carbocycles. The number of aliphatic hydroxyl groups excluding tert-OH is 1. The lowest BCUT2D eigenvalue weighted by atomic mass is 9.44. The van der Waals surface area contributed by atoms with Crippen molar-refractivity contribution in [3.8, 4) is 0 Å². The number of carbonyl (C=O) groups excluding carboxylic acids is 1. The molecular weight excluding hydrogens is 244 g/mol. The molecule has 2 unspecified atom stereocenters. The normalized spacial score (nSPS) is 51.5. The third-order valence-corrected chi connectivity index (χ3v) is 5.67. The van der Waals surface area contributed by atoms with Crippen LogP contribution in [0.4, 0.5) is 0 Å². The molecule has 1 saturated heterocycles. The summed E-state index contributed by atoms with van der Waals surface area (Å²) in [5.74, 6) is -0.853. The molecular formula is C15H18O4. The van der Waals surface area contributed by atoms with Crippen LogP contribution in [-0.2, 0) is 14.3 Å². The van der Waals surface area contributed by atoms with Crippen LogP contribution in [0, 0.1) is 17.3 Å². The summed E-state index contributed by atoms with van der Waals surface area (Å²) in [6.07, 6.45) is 4.06. The molecule has 0 aromatic rings. The second-order valence-electron chi connectivity index (χ2n) is 6.42. The van der Waals surface area contributed by atoms with Crippen LogP contribution < -0.4 is 0 Å². The Labute approximate surface area is 112 Å². The van der Waals surface area contributed by atoms with Crippen LogP contribution in [0.5, 0.6) is 0 Å². The first-order valence-corrected chi connectivity index (χ1v) is 6.92. The van der Waals surface area contributed by atoms with Crippen molar-refractivity contribution >= 4 is 5.97 Å². The van der Waals surface area contributed by atoms with Gasteiger partial charge in [-0.1, -0.05) is 12.2 Å². The van der Waals surface area contributed by atoms with Crippen LogP contribution in [0.15, 0.2) is 23.8 Å². The first-order chi connectivity index (χ1) is 8.99. The van der Waals surface area contributed by atoms with E-state index in [1.807, 2.05) is 0 Å². The van der Waals surface area contributed by atoms with Crippen molar-refractivity contribution in [1.82, 2.24) is 0 Å². The molecule has 0 radical (unpaired) electrons. The molecule has 2 spiro atoms. The smallest absolute Gasteiger partial charge is 0.336 e. The molecule has 5 rings (SSSR count). The predicted molar refractivity (Wildman–Crippen MR) is 66.9 cm³/mol. The quantitative estimate of drug-likeness (QED) is 0.531. The fourth-order valence-corrected chi connectivity index (χ4v) is 4.54. The predicted octanol–water partition coefficient (Wildman–Crippen LogP) is 1.55. The van der Waals surface area contributed by atoms with Gasteiger partial charge in [0, 0.05) is 11.0 Å². The molecule has 4 fully saturated rings. The zero-order chi connectivity index (χ0) is 13.4. The van der Waals surface area contributed by atoms with Crippen LogP contribution in [0.25, 0.3) is 0 Å². The van der Waals surface area contributed by atoms with E-state index in [9.17, 15) is 9.90 Å². The van der Waals surface area contributed by atoms with Crippen molar-refractivity contribution in [1.29, 1.82) is 0 Å². The molecule has 0 aromatic heterocycles. The van der Waals surface area contributed by atoms with Crippen molar-refractivity contribution < 1.29 is 19.4 Å². The molecule has 5 atom stereocenters. The Hall–Kier alpha value is -1.13. The molecule has 102 valence electrons. The summed E-state index contributed by atoms with van der Waals surface area (Å²) >= 11 is 0. The van der Waals surface area contributed by atoms with Gasteiger partial charge in [0.25, 0.3) is 5.79 Å². The van der Waals surface area contributed by atoms with Gasteiger partial charge in [0.1, 0.15) is 6.10 Å². The fourth-order valence-electron chi connectivity index (χ4n) is 4.54. The van der Waals surface area contributed by atoms with Crippen LogP contribution in [0.3, 0.4) is 0 Å². The Morgan fingerprint density at radius 1 is 1.53 bits per heavy atom. The zero-order valence-corrected chi connectivity index (χ0v) is 11.0. The molecule has 3 aliphatic carbocycles. The lowest BCUT2D eigenvalue weighted by Gasteiger charge is -2.60. The van der Waals surface area contributed by atoms with Gasteiger partial charge in [-0.25, -0.2) is 4.79 Å². The van der Waals surface area contributed by atoms with Gasteiger partial charge in [-0.05, 0) is 44.1 Å². The maximum atomic E-state index is 11.6. The summed E-state index contributed by atoms with van der Waals surface area (Å²) < 4.78 is 11.1. The van der Waals surface area contributed by atoms with Crippen molar-refractivity contribution in [2.45, 2.75) is 38.1 Å². The first kappa shape index (κ1) is 11.7. The Morgan fingerprint density at radius 3 is 2.89 bits per heavy atom. The average Bonchev–Trinajstić information content (AvgIpc) is 2.80. The van der Waals surface area contributed by atoms with Crippen molar-refractivity contribution in [3.05, 3.63) is 23.8 Å². The summed E-state index contributed by atoms with van der Waals surface area (Å²) in [6.45, 7) is 6.29. The third kappa shape index (κ3) is 1.15. The number of esters is 1. The molecule has 0 amide bonds. The van der Waals surface area contributed by atoms with Gasteiger partial charge in [-0.15, -0.1) is 0 Å². The Kier molecular flexibility index (Phi) is 2.03. The highest BCUT2D eigenvalue weighted by Crippen LogP contribution is 2.67. The molecule has 5 aliphatic rings. The first-order valence-electron chi connectivity index (χ1n) is 6.92. The maximum Gasteiger partial charge on any atom is 0.336 e. The van der Waals surface area contributed by atoms with Crippen LogP contribution in [-0.4, -0.2) is 29.6 Å². The molecule has 4 nitrogen and oxygen atoms in total. The Morgan fingerprint density at radius 2 is 2.32 bits per heavy atom. The van der Waals surface area contributed by atoms with E-state index in [2.05, 4.69) is 6.58 Å². The van der Waals surface area contributed by atoms with Gasteiger partial charge in [-0.2, -0.15) is 0 Å². The van der Waals surface area contributed by atoms with E-state index in [1.165, 1.54) is 5.57 Å². The third-order valence-electron chi connectivity index (χ3n) is 5.67. The summed E-state index contributed by atoms with van der Waals surface area (Å²) in [4.78, 5) is 11.6. The number of hydrogen-bond donors (Lipinski definition) is 1. The Bertz CT molecular complexity index is 520. The summed E-state index contributed by atoms with van der Waals surface area (Å²) in [5.41, 5.74) is 1.45. The van der Waals surface area contributed by atoms with Crippen LogP contribution in [0.2, 0.25) is 0 Å². The number of ether oxygens (including phenoxy) is 2. The number of aliphatic hydroxyl groups is 1. The number of carbonyl (C=O) groups is 1. The lowest BCUT2D eigenvalue weighted by molar-refractivity contribution is -0.213. The van der Waals surface area contributed by atoms with Gasteiger partial charge in [0.15, 0.2) is 0 Å². The molecule has 4 heteroatoms. The monoisotopic (exact) mass is 262 g/mol. The highest BCUT2D eigenvalue weighted by atomic mass is 16.7. The van der Waals surface area contributed by atoms with Gasteiger partial charge >= 0.3 is 5.97 Å². The second-order valence-corrected chi connectivity index (χ2v) is 6.42. The topological polar surface area (TPSA) is 55.8 Å². The van der Waals surface area contributed by atoms with E-state index in [0.717, 1.165) is 19.3 Å². The molecule has 3 saturated carbocycles. The lowest BCUT2D eigenvalue weighted by Crippen LogP contribution is -2.61. The maximum absolute atomic E-state index is 11.6. The summed E-state index contributed by atoms with van der Waals surface area (Å²) in [5, 5.41) is 10.8. The zero-order valence-electron chi connectivity index (χ0n) is 11.0. The van der Waals surface area contributed by atoms with Crippen LogP contribution >= 0.6 is 0 Å². The fraction of sp³-hybridized carbons (Fsp3) is 0.667. The van der Waals surface area contributed by atoms with E-state index in [1.54, 1.807) is 13.0 Å². The summed E-state index contributed by atoms with van der Waals surface area (Å²) in [6, 6.07) is 0. The van der Waals surface area contributed by atoms with Gasteiger partial charge in [0.05, 0.1) is 6.61 Å². The van der Waals surface area contributed by atoms with E-state index in [0.29, 0.717) is 24.0 Å². The molecule has 2 aliphatic heterocycles. The highest BCUT2D eigenvalue weighted by molar-refractivity contribution is 5.90. The highest BCUT2D eigenvalue weighted by Gasteiger charge is 2.72. The summed E-state index contributed by atoms with van der Waals surface area (Å²) in [7, 11) is 0.